The van der Waals surface area contributed by atoms with E-state index in [4.69, 9.17) is 4.74 Å². The maximum Gasteiger partial charge on any atom is 0.130 e. The molecule has 2 nitrogen and oxygen atoms in total. The topological polar surface area (TPSA) is 29.5 Å². The maximum absolute atomic E-state index is 14.0. The zero-order valence-electron chi connectivity index (χ0n) is 11.3. The van der Waals surface area contributed by atoms with Crippen molar-refractivity contribution >= 4 is 0 Å². The first-order valence-corrected chi connectivity index (χ1v) is 6.77. The largest absolute Gasteiger partial charge is 0.497 e. The van der Waals surface area contributed by atoms with Gasteiger partial charge in [-0.05, 0) is 41.5 Å². The molecule has 0 amide bonds. The highest BCUT2D eigenvalue weighted by Crippen LogP contribution is 2.38. The fourth-order valence-corrected chi connectivity index (χ4v) is 2.94. The summed E-state index contributed by atoms with van der Waals surface area (Å²) in [5.74, 6) is 0.282. The van der Waals surface area contributed by atoms with Gasteiger partial charge in [0.15, 0.2) is 0 Å². The quantitative estimate of drug-likeness (QED) is 0.929. The predicted octanol–water partition coefficient (Wildman–Crippen LogP) is 3.28. The van der Waals surface area contributed by atoms with Crippen LogP contribution in [0, 0.1) is 11.7 Å². The Bertz CT molecular complexity index is 624. The number of hydrogen-bond donors (Lipinski definition) is 1. The third kappa shape index (κ3) is 2.29. The number of halogens is 1. The summed E-state index contributed by atoms with van der Waals surface area (Å²) < 4.78 is 19.0. The molecule has 1 aliphatic carbocycles. The number of rotatable bonds is 3. The Labute approximate surface area is 117 Å². The molecule has 1 aliphatic rings. The highest BCUT2D eigenvalue weighted by Gasteiger charge is 2.31. The lowest BCUT2D eigenvalue weighted by Gasteiger charge is -2.15. The van der Waals surface area contributed by atoms with Crippen LogP contribution in [0.3, 0.4) is 0 Å². The predicted molar refractivity (Wildman–Crippen MR) is 75.3 cm³/mol. The molecule has 0 fully saturated rings. The van der Waals surface area contributed by atoms with E-state index < -0.39 is 6.10 Å². The van der Waals surface area contributed by atoms with Gasteiger partial charge in [0.1, 0.15) is 11.6 Å². The van der Waals surface area contributed by atoms with E-state index >= 15 is 0 Å². The lowest BCUT2D eigenvalue weighted by Crippen LogP contribution is -2.11. The van der Waals surface area contributed by atoms with Crippen molar-refractivity contribution in [2.75, 3.05) is 7.11 Å². The minimum absolute atomic E-state index is 0.0373. The minimum atomic E-state index is -0.507. The van der Waals surface area contributed by atoms with Gasteiger partial charge < -0.3 is 9.84 Å². The number of aliphatic hydroxyl groups is 1. The van der Waals surface area contributed by atoms with Crippen molar-refractivity contribution in [3.05, 3.63) is 65.0 Å². The number of aliphatic hydroxyl groups excluding tert-OH is 1. The smallest absolute Gasteiger partial charge is 0.130 e. The molecule has 0 aromatic heterocycles. The molecule has 0 aliphatic heterocycles. The number of hydrogen-bond acceptors (Lipinski definition) is 2. The van der Waals surface area contributed by atoms with E-state index in [1.165, 1.54) is 18.7 Å². The van der Waals surface area contributed by atoms with Crippen molar-refractivity contribution in [1.29, 1.82) is 0 Å². The van der Waals surface area contributed by atoms with Crippen LogP contribution in [0.15, 0.2) is 42.5 Å². The standard InChI is InChI=1S/C17H17FO2/c1-20-14-7-6-12(16(18)10-14)9-13-8-11-4-2-3-5-15(11)17(13)19/h2-7,10,13,17,19H,8-9H2,1H3. The molecule has 0 heterocycles. The summed E-state index contributed by atoms with van der Waals surface area (Å²) in [7, 11) is 1.52. The van der Waals surface area contributed by atoms with Crippen LogP contribution in [0.1, 0.15) is 22.8 Å². The maximum atomic E-state index is 14.0. The molecule has 0 bridgehead atoms. The molecular formula is C17H17FO2. The van der Waals surface area contributed by atoms with Crippen LogP contribution in [-0.4, -0.2) is 12.2 Å². The SMILES string of the molecule is COc1ccc(CC2Cc3ccccc3C2O)c(F)c1. The highest BCUT2D eigenvalue weighted by molar-refractivity contribution is 5.36. The number of fused-ring (bicyclic) bond motifs is 1. The van der Waals surface area contributed by atoms with Crippen LogP contribution in [0.5, 0.6) is 5.75 Å². The van der Waals surface area contributed by atoms with Crippen LogP contribution in [0.2, 0.25) is 0 Å². The van der Waals surface area contributed by atoms with E-state index in [0.29, 0.717) is 17.7 Å². The molecule has 2 unspecified atom stereocenters. The van der Waals surface area contributed by atoms with E-state index in [2.05, 4.69) is 0 Å². The number of ether oxygens (including phenoxy) is 1. The zero-order chi connectivity index (χ0) is 14.1. The summed E-state index contributed by atoms with van der Waals surface area (Å²) in [5, 5.41) is 10.3. The molecule has 104 valence electrons. The summed E-state index contributed by atoms with van der Waals surface area (Å²) in [6, 6.07) is 12.8. The fourth-order valence-electron chi connectivity index (χ4n) is 2.94. The van der Waals surface area contributed by atoms with Crippen LogP contribution in [0.25, 0.3) is 0 Å². The molecule has 20 heavy (non-hydrogen) atoms. The molecule has 0 saturated heterocycles. The lowest BCUT2D eigenvalue weighted by atomic mass is 9.94. The fraction of sp³-hybridized carbons (Fsp3) is 0.294. The second-order valence-electron chi connectivity index (χ2n) is 5.27. The third-order valence-electron chi connectivity index (χ3n) is 4.04. The van der Waals surface area contributed by atoms with Crippen molar-refractivity contribution < 1.29 is 14.2 Å². The highest BCUT2D eigenvalue weighted by atomic mass is 19.1. The molecule has 1 N–H and O–H groups in total. The van der Waals surface area contributed by atoms with E-state index in [0.717, 1.165) is 12.0 Å². The second kappa shape index (κ2) is 5.25. The summed E-state index contributed by atoms with van der Waals surface area (Å²) in [4.78, 5) is 0. The summed E-state index contributed by atoms with van der Waals surface area (Å²) in [5.41, 5.74) is 2.77. The molecule has 3 rings (SSSR count). The monoisotopic (exact) mass is 272 g/mol. The van der Waals surface area contributed by atoms with Gasteiger partial charge in [0, 0.05) is 6.07 Å². The van der Waals surface area contributed by atoms with Gasteiger partial charge >= 0.3 is 0 Å². The van der Waals surface area contributed by atoms with Crippen molar-refractivity contribution in [2.45, 2.75) is 18.9 Å². The molecule has 3 heteroatoms. The van der Waals surface area contributed by atoms with E-state index in [1.807, 2.05) is 24.3 Å². The average molecular weight is 272 g/mol. The summed E-state index contributed by atoms with van der Waals surface area (Å²) in [6.07, 6.45) is 0.821. The molecule has 2 aromatic rings. The van der Waals surface area contributed by atoms with Gasteiger partial charge in [-0.15, -0.1) is 0 Å². The minimum Gasteiger partial charge on any atom is -0.497 e. The van der Waals surface area contributed by atoms with Crippen LogP contribution in [0.4, 0.5) is 4.39 Å². The van der Waals surface area contributed by atoms with Gasteiger partial charge in [-0.2, -0.15) is 0 Å². The van der Waals surface area contributed by atoms with Gasteiger partial charge in [0.25, 0.3) is 0 Å². The second-order valence-corrected chi connectivity index (χ2v) is 5.27. The van der Waals surface area contributed by atoms with Crippen LogP contribution < -0.4 is 4.74 Å². The number of methoxy groups -OCH3 is 1. The van der Waals surface area contributed by atoms with Crippen LogP contribution in [-0.2, 0) is 12.8 Å². The third-order valence-corrected chi connectivity index (χ3v) is 4.04. The van der Waals surface area contributed by atoms with E-state index in [1.54, 1.807) is 12.1 Å². The molecular weight excluding hydrogens is 255 g/mol. The average Bonchev–Trinajstić information content (AvgIpc) is 2.78. The van der Waals surface area contributed by atoms with E-state index in [-0.39, 0.29) is 11.7 Å². The summed E-state index contributed by atoms with van der Waals surface area (Å²) >= 11 is 0. The van der Waals surface area contributed by atoms with Gasteiger partial charge in [-0.3, -0.25) is 0 Å². The van der Waals surface area contributed by atoms with Crippen LogP contribution >= 0.6 is 0 Å². The summed E-state index contributed by atoms with van der Waals surface area (Å²) in [6.45, 7) is 0. The Hall–Kier alpha value is -1.87. The van der Waals surface area contributed by atoms with Gasteiger partial charge in [0.2, 0.25) is 0 Å². The van der Waals surface area contributed by atoms with Crippen molar-refractivity contribution in [3.8, 4) is 5.75 Å². The van der Waals surface area contributed by atoms with Gasteiger partial charge in [-0.25, -0.2) is 4.39 Å². The van der Waals surface area contributed by atoms with Crippen molar-refractivity contribution in [1.82, 2.24) is 0 Å². The Morgan fingerprint density at radius 1 is 1.25 bits per heavy atom. The van der Waals surface area contributed by atoms with Crippen molar-refractivity contribution in [3.63, 3.8) is 0 Å². The first kappa shape index (κ1) is 13.1. The van der Waals surface area contributed by atoms with Gasteiger partial charge in [0.05, 0.1) is 13.2 Å². The first-order chi connectivity index (χ1) is 9.69. The normalized spacial score (nSPS) is 20.8. The molecule has 0 spiro atoms. The Balaban J connectivity index is 1.80. The Morgan fingerprint density at radius 3 is 2.75 bits per heavy atom. The zero-order valence-corrected chi connectivity index (χ0v) is 11.3. The molecule has 2 aromatic carbocycles. The molecule has 0 radical (unpaired) electrons. The molecule has 2 atom stereocenters. The van der Waals surface area contributed by atoms with E-state index in [9.17, 15) is 9.50 Å². The molecule has 0 saturated carbocycles. The van der Waals surface area contributed by atoms with Crippen molar-refractivity contribution in [2.24, 2.45) is 5.92 Å². The Morgan fingerprint density at radius 2 is 2.05 bits per heavy atom. The van der Waals surface area contributed by atoms with Gasteiger partial charge in [-0.1, -0.05) is 30.3 Å². The lowest BCUT2D eigenvalue weighted by molar-refractivity contribution is 0.123. The number of benzene rings is 2. The first-order valence-electron chi connectivity index (χ1n) is 6.77. The Kier molecular flexibility index (Phi) is 3.45.